The highest BCUT2D eigenvalue weighted by molar-refractivity contribution is 6.26. The van der Waals surface area contributed by atoms with Crippen LogP contribution in [0, 0.1) is 0 Å². The summed E-state index contributed by atoms with van der Waals surface area (Å²) in [5.41, 5.74) is 3.09. The standard InChI is InChI=1S/C18H11NO2/c20-18-15(10-12-6-2-1-3-7-12)14-11-13-8-4-5-9-16(13)19-17(14)21-18/h1-11H. The molecule has 1 aliphatic rings. The van der Waals surface area contributed by atoms with Crippen molar-refractivity contribution in [1.82, 2.24) is 4.98 Å². The molecule has 21 heavy (non-hydrogen) atoms. The second-order valence-electron chi connectivity index (χ2n) is 4.89. The van der Waals surface area contributed by atoms with Gasteiger partial charge in [-0.1, -0.05) is 48.5 Å². The van der Waals surface area contributed by atoms with E-state index in [1.165, 1.54) is 0 Å². The fraction of sp³-hybridized carbons (Fsp3) is 0. The van der Waals surface area contributed by atoms with Crippen LogP contribution in [-0.2, 0) is 4.79 Å². The van der Waals surface area contributed by atoms with Crippen molar-refractivity contribution in [3.05, 3.63) is 71.8 Å². The van der Waals surface area contributed by atoms with Crippen LogP contribution in [0.1, 0.15) is 11.1 Å². The van der Waals surface area contributed by atoms with Crippen molar-refractivity contribution < 1.29 is 9.53 Å². The van der Waals surface area contributed by atoms with E-state index in [2.05, 4.69) is 4.98 Å². The fourth-order valence-corrected chi connectivity index (χ4v) is 2.47. The zero-order valence-electron chi connectivity index (χ0n) is 11.1. The van der Waals surface area contributed by atoms with Gasteiger partial charge in [0.05, 0.1) is 16.7 Å². The molecule has 1 aromatic heterocycles. The van der Waals surface area contributed by atoms with Crippen molar-refractivity contribution in [3.8, 4) is 5.88 Å². The number of para-hydroxylation sites is 1. The van der Waals surface area contributed by atoms with Gasteiger partial charge < -0.3 is 4.74 Å². The van der Waals surface area contributed by atoms with Gasteiger partial charge in [-0.15, -0.1) is 0 Å². The number of carbonyl (C=O) groups excluding carboxylic acids is 1. The average Bonchev–Trinajstić information content (AvgIpc) is 2.81. The van der Waals surface area contributed by atoms with Crippen LogP contribution in [0.15, 0.2) is 60.7 Å². The third kappa shape index (κ3) is 1.99. The first kappa shape index (κ1) is 11.9. The van der Waals surface area contributed by atoms with Gasteiger partial charge in [-0.3, -0.25) is 0 Å². The van der Waals surface area contributed by atoms with E-state index in [4.69, 9.17) is 4.74 Å². The maximum Gasteiger partial charge on any atom is 0.345 e. The van der Waals surface area contributed by atoms with E-state index in [-0.39, 0.29) is 5.97 Å². The van der Waals surface area contributed by atoms with E-state index in [0.29, 0.717) is 11.5 Å². The van der Waals surface area contributed by atoms with Crippen LogP contribution in [0.5, 0.6) is 5.88 Å². The first-order chi connectivity index (χ1) is 10.3. The molecule has 0 saturated carbocycles. The van der Waals surface area contributed by atoms with Gasteiger partial charge in [-0.05, 0) is 23.8 Å². The number of ether oxygens (including phenoxy) is 1. The van der Waals surface area contributed by atoms with Gasteiger partial charge in [0.1, 0.15) is 0 Å². The second kappa shape index (κ2) is 4.56. The molecule has 2 heterocycles. The number of pyridine rings is 1. The molecule has 0 fully saturated rings. The zero-order valence-corrected chi connectivity index (χ0v) is 11.1. The quantitative estimate of drug-likeness (QED) is 0.501. The van der Waals surface area contributed by atoms with Crippen LogP contribution in [0.3, 0.4) is 0 Å². The molecular weight excluding hydrogens is 262 g/mol. The van der Waals surface area contributed by atoms with Gasteiger partial charge in [0, 0.05) is 5.39 Å². The molecule has 0 N–H and O–H groups in total. The lowest BCUT2D eigenvalue weighted by Gasteiger charge is -2.00. The molecule has 2 aromatic carbocycles. The number of hydrogen-bond acceptors (Lipinski definition) is 3. The van der Waals surface area contributed by atoms with Gasteiger partial charge in [-0.25, -0.2) is 9.78 Å². The lowest BCUT2D eigenvalue weighted by Crippen LogP contribution is -2.00. The molecule has 4 rings (SSSR count). The van der Waals surface area contributed by atoms with E-state index in [0.717, 1.165) is 22.0 Å². The number of carbonyl (C=O) groups is 1. The van der Waals surface area contributed by atoms with Gasteiger partial charge in [0.2, 0.25) is 5.88 Å². The summed E-state index contributed by atoms with van der Waals surface area (Å²) >= 11 is 0. The molecule has 3 aromatic rings. The van der Waals surface area contributed by atoms with Crippen molar-refractivity contribution in [2.45, 2.75) is 0 Å². The molecule has 0 bridgehead atoms. The number of nitrogens with zero attached hydrogens (tertiary/aromatic N) is 1. The van der Waals surface area contributed by atoms with Crippen LogP contribution in [0.25, 0.3) is 22.6 Å². The maximum atomic E-state index is 12.1. The zero-order chi connectivity index (χ0) is 14.2. The Labute approximate surface area is 121 Å². The van der Waals surface area contributed by atoms with Crippen molar-refractivity contribution >= 4 is 28.5 Å². The Hall–Kier alpha value is -2.94. The number of rotatable bonds is 1. The molecule has 0 unspecified atom stereocenters. The highest BCUT2D eigenvalue weighted by atomic mass is 16.5. The summed E-state index contributed by atoms with van der Waals surface area (Å²) in [5, 5.41) is 0.994. The molecule has 0 radical (unpaired) electrons. The summed E-state index contributed by atoms with van der Waals surface area (Å²) in [6.07, 6.45) is 1.84. The predicted molar refractivity (Wildman–Crippen MR) is 81.7 cm³/mol. The SMILES string of the molecule is O=C1Oc2nc3ccccc3cc2C1=Cc1ccccc1. The van der Waals surface area contributed by atoms with Gasteiger partial charge in [0.15, 0.2) is 0 Å². The van der Waals surface area contributed by atoms with Crippen LogP contribution < -0.4 is 4.74 Å². The van der Waals surface area contributed by atoms with E-state index in [1.54, 1.807) is 0 Å². The molecule has 0 spiro atoms. The largest absolute Gasteiger partial charge is 0.403 e. The molecule has 0 amide bonds. The molecule has 0 saturated heterocycles. The predicted octanol–water partition coefficient (Wildman–Crippen LogP) is 3.69. The lowest BCUT2D eigenvalue weighted by atomic mass is 10.0. The average molecular weight is 273 g/mol. The molecule has 100 valence electrons. The van der Waals surface area contributed by atoms with Gasteiger partial charge in [-0.2, -0.15) is 0 Å². The summed E-state index contributed by atoms with van der Waals surface area (Å²) in [5.74, 6) is 0.0394. The molecule has 3 nitrogen and oxygen atoms in total. The van der Waals surface area contributed by atoms with Crippen molar-refractivity contribution in [2.24, 2.45) is 0 Å². The van der Waals surface area contributed by atoms with Crippen LogP contribution in [0.2, 0.25) is 0 Å². The Kier molecular flexibility index (Phi) is 2.57. The number of hydrogen-bond donors (Lipinski definition) is 0. The summed E-state index contributed by atoms with van der Waals surface area (Å²) in [6, 6.07) is 19.4. The Balaban J connectivity index is 1.91. The highest BCUT2D eigenvalue weighted by Gasteiger charge is 2.28. The monoisotopic (exact) mass is 273 g/mol. The molecule has 3 heteroatoms. The van der Waals surface area contributed by atoms with Gasteiger partial charge in [0.25, 0.3) is 0 Å². The van der Waals surface area contributed by atoms with Crippen LogP contribution in [-0.4, -0.2) is 11.0 Å². The smallest absolute Gasteiger partial charge is 0.345 e. The number of fused-ring (bicyclic) bond motifs is 2. The molecule has 0 atom stereocenters. The van der Waals surface area contributed by atoms with Gasteiger partial charge >= 0.3 is 5.97 Å². The first-order valence-corrected chi connectivity index (χ1v) is 6.70. The minimum absolute atomic E-state index is 0.350. The van der Waals surface area contributed by atoms with Crippen molar-refractivity contribution in [2.75, 3.05) is 0 Å². The topological polar surface area (TPSA) is 39.2 Å². The number of aromatic nitrogens is 1. The van der Waals surface area contributed by atoms with Crippen molar-refractivity contribution in [1.29, 1.82) is 0 Å². The number of esters is 1. The summed E-state index contributed by atoms with van der Waals surface area (Å²) in [4.78, 5) is 16.5. The maximum absolute atomic E-state index is 12.1. The van der Waals surface area contributed by atoms with E-state index in [9.17, 15) is 4.79 Å². The normalized spacial score (nSPS) is 15.2. The summed E-state index contributed by atoms with van der Waals surface area (Å²) in [6.45, 7) is 0. The Morgan fingerprint density at radius 2 is 1.71 bits per heavy atom. The molecule has 1 aliphatic heterocycles. The minimum atomic E-state index is -0.350. The third-order valence-electron chi connectivity index (χ3n) is 3.50. The Bertz CT molecular complexity index is 882. The molecule has 0 aliphatic carbocycles. The minimum Gasteiger partial charge on any atom is -0.403 e. The fourth-order valence-electron chi connectivity index (χ4n) is 2.47. The third-order valence-corrected chi connectivity index (χ3v) is 3.50. The van der Waals surface area contributed by atoms with E-state index in [1.807, 2.05) is 66.7 Å². The summed E-state index contributed by atoms with van der Waals surface area (Å²) in [7, 11) is 0. The first-order valence-electron chi connectivity index (χ1n) is 6.70. The Morgan fingerprint density at radius 1 is 0.952 bits per heavy atom. The highest BCUT2D eigenvalue weighted by Crippen LogP contribution is 2.35. The Morgan fingerprint density at radius 3 is 2.57 bits per heavy atom. The van der Waals surface area contributed by atoms with Crippen LogP contribution in [0.4, 0.5) is 0 Å². The van der Waals surface area contributed by atoms with Crippen molar-refractivity contribution in [3.63, 3.8) is 0 Å². The second-order valence-corrected chi connectivity index (χ2v) is 4.89. The van der Waals surface area contributed by atoms with Crippen LogP contribution >= 0.6 is 0 Å². The summed E-state index contributed by atoms with van der Waals surface area (Å²) < 4.78 is 5.28. The lowest BCUT2D eigenvalue weighted by molar-refractivity contribution is -0.127. The number of benzene rings is 2. The molecular formula is C18H11NO2. The van der Waals surface area contributed by atoms with E-state index >= 15 is 0 Å². The van der Waals surface area contributed by atoms with E-state index < -0.39 is 0 Å².